The first-order chi connectivity index (χ1) is 13.2. The second kappa shape index (κ2) is 6.87. The summed E-state index contributed by atoms with van der Waals surface area (Å²) in [6, 6.07) is 18.9. The molecule has 0 saturated carbocycles. The van der Waals surface area contributed by atoms with Gasteiger partial charge in [0.1, 0.15) is 5.75 Å². The molecule has 0 aliphatic rings. The number of aromatic nitrogens is 4. The van der Waals surface area contributed by atoms with Crippen LogP contribution in [-0.2, 0) is 7.05 Å². The highest BCUT2D eigenvalue weighted by Crippen LogP contribution is 2.27. The summed E-state index contributed by atoms with van der Waals surface area (Å²) in [7, 11) is 3.32. The molecule has 0 bridgehead atoms. The van der Waals surface area contributed by atoms with Gasteiger partial charge in [0.25, 0.3) is 5.91 Å². The quantitative estimate of drug-likeness (QED) is 0.605. The number of ether oxygens (including phenoxy) is 1. The average molecular weight is 359 g/mol. The number of hydrogen-bond donors (Lipinski definition) is 1. The summed E-state index contributed by atoms with van der Waals surface area (Å²) in [5.74, 6) is 0.903. The summed E-state index contributed by atoms with van der Waals surface area (Å²) in [5.41, 5.74) is 1.93. The van der Waals surface area contributed by atoms with Crippen molar-refractivity contribution in [2.45, 2.75) is 0 Å². The lowest BCUT2D eigenvalue weighted by molar-refractivity contribution is 0.102. The predicted octanol–water partition coefficient (Wildman–Crippen LogP) is 3.29. The molecule has 7 heteroatoms. The minimum Gasteiger partial charge on any atom is -0.496 e. The average Bonchev–Trinajstić information content (AvgIpc) is 3.13. The van der Waals surface area contributed by atoms with Crippen molar-refractivity contribution in [2.24, 2.45) is 7.05 Å². The summed E-state index contributed by atoms with van der Waals surface area (Å²) in [5, 5.41) is 16.4. The molecule has 0 radical (unpaired) electrons. The number of methoxy groups -OCH3 is 1. The number of hydrogen-bond acceptors (Lipinski definition) is 5. The van der Waals surface area contributed by atoms with Gasteiger partial charge in [-0.1, -0.05) is 36.4 Å². The van der Waals surface area contributed by atoms with Crippen molar-refractivity contribution >= 4 is 22.4 Å². The molecule has 1 amide bonds. The van der Waals surface area contributed by atoms with Gasteiger partial charge >= 0.3 is 0 Å². The molecule has 0 fully saturated rings. The third-order valence-corrected chi connectivity index (χ3v) is 4.31. The Bertz CT molecular complexity index is 1140. The molecule has 4 aromatic rings. The minimum atomic E-state index is -0.245. The van der Waals surface area contributed by atoms with Crippen LogP contribution in [0.5, 0.6) is 5.75 Å². The standard InChI is InChI=1S/C20H17N5O2/c1-25-19(22-23-24-25)15-8-5-9-16(10-15)21-20(26)17-11-13-6-3-4-7-14(13)12-18(17)27-2/h3-12H,1-2H3,(H,21,26). The molecule has 0 unspecified atom stereocenters. The number of carbonyl (C=O) groups excluding carboxylic acids is 1. The highest BCUT2D eigenvalue weighted by atomic mass is 16.5. The van der Waals surface area contributed by atoms with E-state index < -0.39 is 0 Å². The SMILES string of the molecule is COc1cc2ccccc2cc1C(=O)Nc1cccc(-c2nnnn2C)c1. The molecule has 0 aliphatic heterocycles. The molecular formula is C20H17N5O2. The Labute approximate surface area is 155 Å². The van der Waals surface area contributed by atoms with Gasteiger partial charge in [0.05, 0.1) is 12.7 Å². The first kappa shape index (κ1) is 16.7. The van der Waals surface area contributed by atoms with Crippen molar-refractivity contribution in [3.63, 3.8) is 0 Å². The zero-order chi connectivity index (χ0) is 18.8. The monoisotopic (exact) mass is 359 g/mol. The van der Waals surface area contributed by atoms with Crippen LogP contribution in [0.3, 0.4) is 0 Å². The van der Waals surface area contributed by atoms with Crippen LogP contribution < -0.4 is 10.1 Å². The maximum absolute atomic E-state index is 12.9. The van der Waals surface area contributed by atoms with Gasteiger partial charge in [-0.15, -0.1) is 5.10 Å². The largest absolute Gasteiger partial charge is 0.496 e. The molecule has 1 N–H and O–H groups in total. The number of nitrogens with zero attached hydrogens (tertiary/aromatic N) is 4. The van der Waals surface area contributed by atoms with Crippen LogP contribution in [0.15, 0.2) is 60.7 Å². The summed E-state index contributed by atoms with van der Waals surface area (Å²) >= 11 is 0. The summed E-state index contributed by atoms with van der Waals surface area (Å²) in [6.45, 7) is 0. The van der Waals surface area contributed by atoms with Crippen LogP contribution in [-0.4, -0.2) is 33.2 Å². The molecule has 0 atom stereocenters. The number of rotatable bonds is 4. The van der Waals surface area contributed by atoms with Crippen LogP contribution >= 0.6 is 0 Å². The summed E-state index contributed by atoms with van der Waals surface area (Å²) in [6.07, 6.45) is 0. The van der Waals surface area contributed by atoms with Crippen LogP contribution in [0.25, 0.3) is 22.2 Å². The molecule has 1 aromatic heterocycles. The number of amides is 1. The van der Waals surface area contributed by atoms with Gasteiger partial charge < -0.3 is 10.1 Å². The van der Waals surface area contributed by atoms with Gasteiger partial charge in [0.2, 0.25) is 0 Å². The first-order valence-corrected chi connectivity index (χ1v) is 8.36. The smallest absolute Gasteiger partial charge is 0.259 e. The van der Waals surface area contributed by atoms with E-state index in [1.807, 2.05) is 60.7 Å². The Morgan fingerprint density at radius 1 is 1.04 bits per heavy atom. The molecular weight excluding hydrogens is 342 g/mol. The fourth-order valence-corrected chi connectivity index (χ4v) is 2.97. The van der Waals surface area contributed by atoms with Crippen molar-refractivity contribution in [1.82, 2.24) is 20.2 Å². The van der Waals surface area contributed by atoms with Gasteiger partial charge in [-0.05, 0) is 45.5 Å². The van der Waals surface area contributed by atoms with E-state index in [2.05, 4.69) is 20.8 Å². The van der Waals surface area contributed by atoms with Crippen LogP contribution in [0.1, 0.15) is 10.4 Å². The van der Waals surface area contributed by atoms with Gasteiger partial charge in [-0.25, -0.2) is 4.68 Å². The molecule has 3 aromatic carbocycles. The topological polar surface area (TPSA) is 81.9 Å². The van der Waals surface area contributed by atoms with Gasteiger partial charge in [-0.3, -0.25) is 4.79 Å². The third kappa shape index (κ3) is 3.22. The van der Waals surface area contributed by atoms with E-state index in [0.717, 1.165) is 16.3 Å². The van der Waals surface area contributed by atoms with Crippen LogP contribution in [0, 0.1) is 0 Å². The lowest BCUT2D eigenvalue weighted by Crippen LogP contribution is -2.13. The maximum atomic E-state index is 12.9. The molecule has 134 valence electrons. The number of benzene rings is 3. The second-order valence-corrected chi connectivity index (χ2v) is 6.06. The van der Waals surface area contributed by atoms with E-state index >= 15 is 0 Å². The van der Waals surface area contributed by atoms with Crippen molar-refractivity contribution < 1.29 is 9.53 Å². The van der Waals surface area contributed by atoms with Crippen molar-refractivity contribution in [3.05, 3.63) is 66.2 Å². The number of fused-ring (bicyclic) bond motifs is 1. The molecule has 0 aliphatic carbocycles. The van der Waals surface area contributed by atoms with E-state index in [9.17, 15) is 4.79 Å². The lowest BCUT2D eigenvalue weighted by Gasteiger charge is -2.11. The molecule has 1 heterocycles. The Hall–Kier alpha value is -3.74. The van der Waals surface area contributed by atoms with E-state index in [1.54, 1.807) is 18.8 Å². The molecule has 0 spiro atoms. The third-order valence-electron chi connectivity index (χ3n) is 4.31. The fraction of sp³-hybridized carbons (Fsp3) is 0.100. The molecule has 7 nitrogen and oxygen atoms in total. The van der Waals surface area contributed by atoms with Gasteiger partial charge in [0, 0.05) is 18.3 Å². The van der Waals surface area contributed by atoms with Crippen molar-refractivity contribution in [1.29, 1.82) is 0 Å². The number of anilines is 1. The number of tetrazole rings is 1. The van der Waals surface area contributed by atoms with E-state index in [0.29, 0.717) is 22.8 Å². The Morgan fingerprint density at radius 2 is 1.81 bits per heavy atom. The van der Waals surface area contributed by atoms with E-state index in [1.165, 1.54) is 0 Å². The zero-order valence-corrected chi connectivity index (χ0v) is 14.9. The van der Waals surface area contributed by atoms with Crippen molar-refractivity contribution in [3.8, 4) is 17.1 Å². The normalized spacial score (nSPS) is 10.7. The number of nitrogens with one attached hydrogen (secondary N) is 1. The van der Waals surface area contributed by atoms with Crippen LogP contribution in [0.2, 0.25) is 0 Å². The molecule has 4 rings (SSSR count). The Kier molecular flexibility index (Phi) is 4.25. The maximum Gasteiger partial charge on any atom is 0.259 e. The summed E-state index contributed by atoms with van der Waals surface area (Å²) < 4.78 is 7.00. The Morgan fingerprint density at radius 3 is 2.52 bits per heavy atom. The first-order valence-electron chi connectivity index (χ1n) is 8.36. The highest BCUT2D eigenvalue weighted by molar-refractivity contribution is 6.08. The predicted molar refractivity (Wildman–Crippen MR) is 103 cm³/mol. The number of aryl methyl sites for hydroxylation is 1. The van der Waals surface area contributed by atoms with Crippen LogP contribution in [0.4, 0.5) is 5.69 Å². The van der Waals surface area contributed by atoms with Crippen molar-refractivity contribution in [2.75, 3.05) is 12.4 Å². The highest BCUT2D eigenvalue weighted by Gasteiger charge is 2.15. The van der Waals surface area contributed by atoms with Gasteiger partial charge in [0.15, 0.2) is 5.82 Å². The number of carbonyl (C=O) groups is 1. The summed E-state index contributed by atoms with van der Waals surface area (Å²) in [4.78, 5) is 12.9. The second-order valence-electron chi connectivity index (χ2n) is 6.06. The van der Waals surface area contributed by atoms with Gasteiger partial charge in [-0.2, -0.15) is 0 Å². The molecule has 0 saturated heterocycles. The minimum absolute atomic E-state index is 0.245. The zero-order valence-electron chi connectivity index (χ0n) is 14.9. The Balaban J connectivity index is 1.67. The fourth-order valence-electron chi connectivity index (χ4n) is 2.97. The lowest BCUT2D eigenvalue weighted by atomic mass is 10.1. The van der Waals surface area contributed by atoms with E-state index in [4.69, 9.17) is 4.74 Å². The van der Waals surface area contributed by atoms with E-state index in [-0.39, 0.29) is 5.91 Å². The molecule has 27 heavy (non-hydrogen) atoms.